The molecular formula is C29H21N3O6. The van der Waals surface area contributed by atoms with Crippen LogP contribution in [-0.4, -0.2) is 39.2 Å². The van der Waals surface area contributed by atoms with Crippen molar-refractivity contribution in [1.29, 1.82) is 0 Å². The number of carbonyl (C=O) groups excluding carboxylic acids is 4. The van der Waals surface area contributed by atoms with Gasteiger partial charge in [0.25, 0.3) is 5.69 Å². The van der Waals surface area contributed by atoms with Gasteiger partial charge in [-0.3, -0.25) is 29.3 Å². The topological polar surface area (TPSA) is 118 Å². The molecule has 0 radical (unpaired) electrons. The highest BCUT2D eigenvalue weighted by molar-refractivity contribution is 6.24. The zero-order valence-corrected chi connectivity index (χ0v) is 20.2. The number of ketones is 2. The first-order chi connectivity index (χ1) is 18.3. The molecular weight excluding hydrogens is 486 g/mol. The van der Waals surface area contributed by atoms with Crippen LogP contribution in [0.4, 0.5) is 11.4 Å². The van der Waals surface area contributed by atoms with Crippen molar-refractivity contribution in [3.8, 4) is 0 Å². The SMILES string of the molecule is CC(=O)c1ccc(N2C(=O)[C@@H]3[C@H](C2=O)[C@@H]2c4ccccc4C=CN2[C@@H]3C(=O)c2ccc([N+](=O)[O-])cc2)cc1. The molecule has 2 saturated heterocycles. The van der Waals surface area contributed by atoms with Gasteiger partial charge < -0.3 is 4.90 Å². The van der Waals surface area contributed by atoms with E-state index >= 15 is 0 Å². The third-order valence-electron chi connectivity index (χ3n) is 7.62. The third-order valence-corrected chi connectivity index (χ3v) is 7.62. The number of hydrogen-bond acceptors (Lipinski definition) is 7. The van der Waals surface area contributed by atoms with Crippen molar-refractivity contribution in [3.05, 3.63) is 111 Å². The number of imide groups is 1. The minimum absolute atomic E-state index is 0.137. The smallest absolute Gasteiger partial charge is 0.269 e. The molecule has 2 fully saturated rings. The Morgan fingerprint density at radius 1 is 0.842 bits per heavy atom. The number of nitrogens with zero attached hydrogens (tertiary/aromatic N) is 3. The monoisotopic (exact) mass is 507 g/mol. The summed E-state index contributed by atoms with van der Waals surface area (Å²) in [5.41, 5.74) is 2.61. The zero-order chi connectivity index (χ0) is 26.7. The fourth-order valence-electron chi connectivity index (χ4n) is 5.87. The summed E-state index contributed by atoms with van der Waals surface area (Å²) in [6, 6.07) is 17.6. The highest BCUT2D eigenvalue weighted by Gasteiger charge is 2.64. The van der Waals surface area contributed by atoms with Gasteiger partial charge in [0.05, 0.1) is 28.5 Å². The molecule has 3 aliphatic heterocycles. The summed E-state index contributed by atoms with van der Waals surface area (Å²) in [5.74, 6) is -3.20. The summed E-state index contributed by atoms with van der Waals surface area (Å²) in [6.45, 7) is 1.43. The average Bonchev–Trinajstić information content (AvgIpc) is 3.40. The molecule has 3 aliphatic rings. The number of rotatable bonds is 5. The Morgan fingerprint density at radius 2 is 1.47 bits per heavy atom. The maximum absolute atomic E-state index is 13.9. The van der Waals surface area contributed by atoms with E-state index in [4.69, 9.17) is 0 Å². The predicted molar refractivity (Wildman–Crippen MR) is 137 cm³/mol. The molecule has 0 spiro atoms. The number of amides is 2. The summed E-state index contributed by atoms with van der Waals surface area (Å²) in [4.78, 5) is 66.9. The number of benzene rings is 3. The quantitative estimate of drug-likeness (QED) is 0.220. The predicted octanol–water partition coefficient (Wildman–Crippen LogP) is 4.20. The van der Waals surface area contributed by atoms with E-state index in [0.717, 1.165) is 16.0 Å². The number of nitro benzene ring substituents is 1. The van der Waals surface area contributed by atoms with Crippen LogP contribution in [0.25, 0.3) is 6.08 Å². The fraction of sp³-hybridized carbons (Fsp3) is 0.172. The van der Waals surface area contributed by atoms with Crippen LogP contribution in [0.15, 0.2) is 79.0 Å². The Balaban J connectivity index is 1.45. The molecule has 3 aromatic carbocycles. The van der Waals surface area contributed by atoms with Crippen LogP contribution in [0.3, 0.4) is 0 Å². The molecule has 3 aromatic rings. The van der Waals surface area contributed by atoms with E-state index in [-0.39, 0.29) is 17.0 Å². The van der Waals surface area contributed by atoms with E-state index in [1.54, 1.807) is 35.4 Å². The van der Waals surface area contributed by atoms with Gasteiger partial charge in [-0.05, 0) is 60.5 Å². The largest absolute Gasteiger partial charge is 0.358 e. The van der Waals surface area contributed by atoms with Crippen LogP contribution in [0.1, 0.15) is 44.8 Å². The van der Waals surface area contributed by atoms with E-state index in [9.17, 15) is 29.3 Å². The van der Waals surface area contributed by atoms with Crippen molar-refractivity contribution >= 4 is 40.8 Å². The van der Waals surface area contributed by atoms with Crippen LogP contribution in [0.5, 0.6) is 0 Å². The lowest BCUT2D eigenvalue weighted by molar-refractivity contribution is -0.384. The van der Waals surface area contributed by atoms with Gasteiger partial charge in [0.15, 0.2) is 11.6 Å². The van der Waals surface area contributed by atoms with Gasteiger partial charge in [0.1, 0.15) is 6.04 Å². The summed E-state index contributed by atoms with van der Waals surface area (Å²) in [6.07, 6.45) is 3.61. The molecule has 9 heteroatoms. The minimum atomic E-state index is -0.978. The molecule has 0 bridgehead atoms. The Bertz CT molecular complexity index is 1560. The van der Waals surface area contributed by atoms with Crippen LogP contribution in [-0.2, 0) is 9.59 Å². The van der Waals surface area contributed by atoms with Crippen molar-refractivity contribution in [3.63, 3.8) is 0 Å². The highest BCUT2D eigenvalue weighted by Crippen LogP contribution is 2.53. The van der Waals surface area contributed by atoms with Crippen molar-refractivity contribution in [2.24, 2.45) is 11.8 Å². The average molecular weight is 508 g/mol. The second kappa shape index (κ2) is 8.58. The van der Waals surface area contributed by atoms with Crippen LogP contribution in [0, 0.1) is 22.0 Å². The van der Waals surface area contributed by atoms with E-state index < -0.39 is 46.4 Å². The Morgan fingerprint density at radius 3 is 2.13 bits per heavy atom. The number of non-ortho nitro benzene ring substituents is 1. The van der Waals surface area contributed by atoms with E-state index in [1.807, 2.05) is 30.3 Å². The van der Waals surface area contributed by atoms with E-state index in [2.05, 4.69) is 0 Å². The molecule has 38 heavy (non-hydrogen) atoms. The summed E-state index contributed by atoms with van der Waals surface area (Å²) >= 11 is 0. The molecule has 6 rings (SSSR count). The van der Waals surface area contributed by atoms with Crippen LogP contribution in [0.2, 0.25) is 0 Å². The molecule has 0 unspecified atom stereocenters. The first kappa shape index (κ1) is 23.5. The number of hydrogen-bond donors (Lipinski definition) is 0. The lowest BCUT2D eigenvalue weighted by Crippen LogP contribution is -2.44. The molecule has 188 valence electrons. The fourth-order valence-corrected chi connectivity index (χ4v) is 5.87. The maximum atomic E-state index is 13.9. The van der Waals surface area contributed by atoms with Gasteiger partial charge in [-0.25, -0.2) is 4.90 Å². The number of fused-ring (bicyclic) bond motifs is 5. The highest BCUT2D eigenvalue weighted by atomic mass is 16.6. The Kier molecular flexibility index (Phi) is 5.30. The number of Topliss-reactive ketones (excluding diaryl/α,β-unsaturated/α-hetero) is 2. The summed E-state index contributed by atoms with van der Waals surface area (Å²) in [5, 5.41) is 11.1. The molecule has 0 aromatic heterocycles. The second-order valence-electron chi connectivity index (χ2n) is 9.62. The van der Waals surface area contributed by atoms with Crippen molar-refractivity contribution < 1.29 is 24.1 Å². The van der Waals surface area contributed by atoms with E-state index in [1.165, 1.54) is 31.2 Å². The van der Waals surface area contributed by atoms with Crippen LogP contribution < -0.4 is 4.90 Å². The van der Waals surface area contributed by atoms with Crippen LogP contribution >= 0.6 is 0 Å². The summed E-state index contributed by atoms with van der Waals surface area (Å²) < 4.78 is 0. The zero-order valence-electron chi connectivity index (χ0n) is 20.2. The second-order valence-corrected chi connectivity index (χ2v) is 9.62. The summed E-state index contributed by atoms with van der Waals surface area (Å²) in [7, 11) is 0. The number of carbonyl (C=O) groups is 4. The standard InChI is InChI=1S/C29H21N3O6/c1-16(33)17-6-10-20(11-7-17)31-28(35)23-24(29(31)36)26(27(34)19-8-12-21(13-9-19)32(37)38)30-15-14-18-4-2-3-5-22(18)25(23)30/h2-15,23-26H,1H3/t23-,24+,25-,26-/m0/s1. The van der Waals surface area contributed by atoms with Gasteiger partial charge >= 0.3 is 0 Å². The van der Waals surface area contributed by atoms with Gasteiger partial charge in [-0.1, -0.05) is 24.3 Å². The lowest BCUT2D eigenvalue weighted by atomic mass is 9.83. The van der Waals surface area contributed by atoms with Crippen molar-refractivity contribution in [2.75, 3.05) is 4.90 Å². The van der Waals surface area contributed by atoms with Gasteiger partial charge in [0.2, 0.25) is 11.8 Å². The Hall–Kier alpha value is -4.92. The molecule has 4 atom stereocenters. The normalized spacial score (nSPS) is 23.2. The molecule has 0 N–H and O–H groups in total. The van der Waals surface area contributed by atoms with Gasteiger partial charge in [0, 0.05) is 29.5 Å². The third kappa shape index (κ3) is 3.39. The number of nitro groups is 1. The van der Waals surface area contributed by atoms with Crippen molar-refractivity contribution in [1.82, 2.24) is 4.90 Å². The lowest BCUT2D eigenvalue weighted by Gasteiger charge is -2.35. The first-order valence-corrected chi connectivity index (χ1v) is 12.1. The number of anilines is 1. The Labute approximate surface area is 217 Å². The molecule has 9 nitrogen and oxygen atoms in total. The van der Waals surface area contributed by atoms with Gasteiger partial charge in [-0.15, -0.1) is 0 Å². The van der Waals surface area contributed by atoms with Crippen molar-refractivity contribution in [2.45, 2.75) is 19.0 Å². The minimum Gasteiger partial charge on any atom is -0.358 e. The van der Waals surface area contributed by atoms with E-state index in [0.29, 0.717) is 11.3 Å². The molecule has 2 amide bonds. The molecule has 0 saturated carbocycles. The maximum Gasteiger partial charge on any atom is 0.269 e. The first-order valence-electron chi connectivity index (χ1n) is 12.1. The molecule has 3 heterocycles. The molecule has 0 aliphatic carbocycles. The van der Waals surface area contributed by atoms with Gasteiger partial charge in [-0.2, -0.15) is 0 Å².